The number of nitrogens with one attached hydrogen (secondary N) is 2. The third-order valence-corrected chi connectivity index (χ3v) is 8.14. The number of urea groups is 1. The van der Waals surface area contributed by atoms with Crippen LogP contribution in [0.2, 0.25) is 0 Å². The number of hydrogen-bond donors (Lipinski definition) is 3. The third kappa shape index (κ3) is 6.07. The molecule has 0 spiro atoms. The quantitative estimate of drug-likeness (QED) is 0.397. The van der Waals surface area contributed by atoms with Gasteiger partial charge in [-0.1, -0.05) is 12.1 Å². The van der Waals surface area contributed by atoms with Gasteiger partial charge < -0.3 is 30.1 Å². The SMILES string of the molecule is COc1ccc([C@@]23CC[C@@H](NC(=O)Nc4cccc5nsnc45)C[C@@H]2N(C)CC3)cc1OC.O=C(O)C(F)(F)F. The van der Waals surface area contributed by atoms with Crippen molar-refractivity contribution in [1.29, 1.82) is 0 Å². The van der Waals surface area contributed by atoms with Gasteiger partial charge in [0.05, 0.1) is 31.6 Å². The molecule has 1 aromatic heterocycles. The molecule has 1 aliphatic carbocycles. The lowest BCUT2D eigenvalue weighted by atomic mass is 9.65. The van der Waals surface area contributed by atoms with Crippen LogP contribution in [-0.4, -0.2) is 76.8 Å². The molecule has 2 amide bonds. The van der Waals surface area contributed by atoms with Crippen LogP contribution in [0, 0.1) is 0 Å². The molecule has 2 fully saturated rings. The van der Waals surface area contributed by atoms with Gasteiger partial charge in [-0.2, -0.15) is 21.9 Å². The van der Waals surface area contributed by atoms with E-state index in [0.717, 1.165) is 66.5 Å². The summed E-state index contributed by atoms with van der Waals surface area (Å²) >= 11 is 1.15. The summed E-state index contributed by atoms with van der Waals surface area (Å²) in [6, 6.07) is 12.2. The van der Waals surface area contributed by atoms with Crippen molar-refractivity contribution < 1.29 is 37.3 Å². The highest BCUT2D eigenvalue weighted by atomic mass is 32.1. The van der Waals surface area contributed by atoms with E-state index in [1.165, 1.54) is 5.56 Å². The lowest BCUT2D eigenvalue weighted by Crippen LogP contribution is -2.52. The molecule has 3 atom stereocenters. The molecule has 3 aromatic rings. The highest BCUT2D eigenvalue weighted by Crippen LogP contribution is 2.49. The Morgan fingerprint density at radius 2 is 1.85 bits per heavy atom. The van der Waals surface area contributed by atoms with E-state index in [1.807, 2.05) is 24.3 Å². The molecule has 1 saturated carbocycles. The molecule has 0 radical (unpaired) electrons. The van der Waals surface area contributed by atoms with Gasteiger partial charge in [0.15, 0.2) is 11.5 Å². The molecule has 2 aliphatic rings. The van der Waals surface area contributed by atoms with Crippen LogP contribution in [0.15, 0.2) is 36.4 Å². The average Bonchev–Trinajstić information content (AvgIpc) is 3.54. The Kier molecular flexibility index (Phi) is 8.68. The van der Waals surface area contributed by atoms with Gasteiger partial charge in [0, 0.05) is 17.5 Å². The fraction of sp³-hybridized carbons (Fsp3) is 0.462. The number of likely N-dealkylation sites (N-methyl/N-ethyl adjacent to an activating group) is 1. The van der Waals surface area contributed by atoms with E-state index in [9.17, 15) is 18.0 Å². The number of hydrogen-bond acceptors (Lipinski definition) is 8. The van der Waals surface area contributed by atoms with Gasteiger partial charge in [-0.25, -0.2) is 9.59 Å². The number of likely N-dealkylation sites (tertiary alicyclic amines) is 1. The van der Waals surface area contributed by atoms with Crippen molar-refractivity contribution in [2.75, 3.05) is 33.1 Å². The Morgan fingerprint density at radius 3 is 2.52 bits per heavy atom. The fourth-order valence-electron chi connectivity index (χ4n) is 5.65. The number of carboxylic acid groups (broad SMARTS) is 1. The van der Waals surface area contributed by atoms with Crippen LogP contribution in [0.5, 0.6) is 11.5 Å². The number of anilines is 1. The van der Waals surface area contributed by atoms with Crippen LogP contribution in [0.1, 0.15) is 31.2 Å². The van der Waals surface area contributed by atoms with E-state index in [4.69, 9.17) is 19.4 Å². The Hall–Kier alpha value is -3.65. The largest absolute Gasteiger partial charge is 0.493 e. The van der Waals surface area contributed by atoms with Crippen molar-refractivity contribution in [3.63, 3.8) is 0 Å². The summed E-state index contributed by atoms with van der Waals surface area (Å²) in [6.45, 7) is 1.04. The molecule has 40 heavy (non-hydrogen) atoms. The first kappa shape index (κ1) is 29.3. The molecule has 2 heterocycles. The number of aliphatic carboxylic acids is 1. The van der Waals surface area contributed by atoms with Crippen LogP contribution in [0.25, 0.3) is 11.0 Å². The molecule has 14 heteroatoms. The lowest BCUT2D eigenvalue weighted by molar-refractivity contribution is -0.192. The number of carbonyl (C=O) groups excluding carboxylic acids is 1. The van der Waals surface area contributed by atoms with E-state index in [2.05, 4.69) is 43.5 Å². The minimum atomic E-state index is -5.08. The number of amides is 2. The van der Waals surface area contributed by atoms with Gasteiger partial charge in [-0.05, 0) is 69.1 Å². The van der Waals surface area contributed by atoms with Crippen molar-refractivity contribution in [2.45, 2.75) is 49.4 Å². The topological polar surface area (TPSA) is 126 Å². The summed E-state index contributed by atoms with van der Waals surface area (Å²) in [5.41, 5.74) is 3.56. The van der Waals surface area contributed by atoms with E-state index >= 15 is 0 Å². The molecule has 0 unspecified atom stereocenters. The number of halogens is 3. The summed E-state index contributed by atoms with van der Waals surface area (Å²) in [5, 5.41) is 13.3. The van der Waals surface area contributed by atoms with E-state index in [0.29, 0.717) is 11.7 Å². The number of ether oxygens (including phenoxy) is 2. The average molecular weight is 582 g/mol. The lowest BCUT2D eigenvalue weighted by Gasteiger charge is -2.45. The number of nitrogens with zero attached hydrogens (tertiary/aromatic N) is 3. The van der Waals surface area contributed by atoms with Gasteiger partial charge in [0.2, 0.25) is 0 Å². The van der Waals surface area contributed by atoms with Crippen molar-refractivity contribution in [3.05, 3.63) is 42.0 Å². The van der Waals surface area contributed by atoms with Crippen LogP contribution < -0.4 is 20.1 Å². The normalized spacial score (nSPS) is 22.6. The van der Waals surface area contributed by atoms with Gasteiger partial charge >= 0.3 is 18.2 Å². The van der Waals surface area contributed by atoms with Gasteiger partial charge in [-0.15, -0.1) is 0 Å². The minimum Gasteiger partial charge on any atom is -0.493 e. The van der Waals surface area contributed by atoms with Gasteiger partial charge in [0.25, 0.3) is 0 Å². The van der Waals surface area contributed by atoms with E-state index in [-0.39, 0.29) is 17.5 Å². The molecular formula is C26H30F3N5O5S. The summed E-state index contributed by atoms with van der Waals surface area (Å²) in [6.07, 6.45) is -1.15. The number of rotatable bonds is 5. The molecule has 5 rings (SSSR count). The Balaban J connectivity index is 0.000000470. The maximum Gasteiger partial charge on any atom is 0.490 e. The predicted octanol–water partition coefficient (Wildman–Crippen LogP) is 4.66. The molecule has 10 nitrogen and oxygen atoms in total. The summed E-state index contributed by atoms with van der Waals surface area (Å²) < 4.78 is 51.3. The maximum atomic E-state index is 12.8. The number of carbonyl (C=O) groups is 2. The number of alkyl halides is 3. The minimum absolute atomic E-state index is 0.0564. The predicted molar refractivity (Wildman–Crippen MR) is 143 cm³/mol. The molecule has 3 N–H and O–H groups in total. The van der Waals surface area contributed by atoms with Crippen LogP contribution >= 0.6 is 11.7 Å². The molecular weight excluding hydrogens is 551 g/mol. The Labute approximate surface area is 232 Å². The summed E-state index contributed by atoms with van der Waals surface area (Å²) in [5.74, 6) is -1.24. The van der Waals surface area contributed by atoms with Crippen molar-refractivity contribution >= 4 is 40.4 Å². The monoisotopic (exact) mass is 581 g/mol. The van der Waals surface area contributed by atoms with Crippen molar-refractivity contribution in [2.24, 2.45) is 0 Å². The number of methoxy groups -OCH3 is 2. The first-order valence-electron chi connectivity index (χ1n) is 12.5. The molecule has 216 valence electrons. The second kappa shape index (κ2) is 11.8. The highest BCUT2D eigenvalue weighted by molar-refractivity contribution is 7.00. The maximum absolute atomic E-state index is 12.8. The Bertz CT molecular complexity index is 1370. The second-order valence-corrected chi connectivity index (χ2v) is 10.3. The smallest absolute Gasteiger partial charge is 0.490 e. The molecule has 1 saturated heterocycles. The number of carboxylic acids is 1. The first-order valence-corrected chi connectivity index (χ1v) is 13.2. The highest BCUT2D eigenvalue weighted by Gasteiger charge is 2.50. The second-order valence-electron chi connectivity index (χ2n) is 9.78. The number of aromatic nitrogens is 2. The zero-order valence-electron chi connectivity index (χ0n) is 22.1. The standard InChI is InChI=1S/C24H29N5O3S.C2HF3O2/c1-29-12-11-24(15-7-8-19(31-2)20(13-15)32-3)10-9-16(14-21(24)29)25-23(30)26-17-5-4-6-18-22(17)28-33-27-18;3-2(4,5)1(6)7/h4-8,13,16,21H,9-12,14H2,1-3H3,(H2,25,26,30);(H,6,7)/t16-,21+,24+;/m1./s1. The zero-order chi connectivity index (χ0) is 29.1. The van der Waals surface area contributed by atoms with Crippen LogP contribution in [0.4, 0.5) is 23.7 Å². The number of benzene rings is 2. The fourth-order valence-corrected chi connectivity index (χ4v) is 6.20. The van der Waals surface area contributed by atoms with E-state index < -0.39 is 12.1 Å². The van der Waals surface area contributed by atoms with Crippen LogP contribution in [0.3, 0.4) is 0 Å². The molecule has 2 aromatic carbocycles. The van der Waals surface area contributed by atoms with Gasteiger partial charge in [-0.3, -0.25) is 0 Å². The summed E-state index contributed by atoms with van der Waals surface area (Å²) in [7, 11) is 5.53. The molecule has 0 bridgehead atoms. The third-order valence-electron chi connectivity index (χ3n) is 7.60. The van der Waals surface area contributed by atoms with Crippen molar-refractivity contribution in [1.82, 2.24) is 19.0 Å². The molecule has 1 aliphatic heterocycles. The number of fused-ring (bicyclic) bond motifs is 2. The first-order chi connectivity index (χ1) is 19.0. The van der Waals surface area contributed by atoms with Crippen LogP contribution in [-0.2, 0) is 10.2 Å². The van der Waals surface area contributed by atoms with Crippen molar-refractivity contribution in [3.8, 4) is 11.5 Å². The van der Waals surface area contributed by atoms with Gasteiger partial charge in [0.1, 0.15) is 11.0 Å². The summed E-state index contributed by atoms with van der Waals surface area (Å²) in [4.78, 5) is 24.1. The van der Waals surface area contributed by atoms with E-state index in [1.54, 1.807) is 14.2 Å². The zero-order valence-corrected chi connectivity index (χ0v) is 22.9. The Morgan fingerprint density at radius 1 is 1.12 bits per heavy atom.